The Kier molecular flexibility index (Phi) is 7.80. The van der Waals surface area contributed by atoms with E-state index in [-0.39, 0.29) is 35.9 Å². The van der Waals surface area contributed by atoms with Crippen LogP contribution in [0.25, 0.3) is 5.57 Å². The van der Waals surface area contributed by atoms with Crippen LogP contribution in [0.3, 0.4) is 0 Å². The number of allylic oxidation sites excluding steroid dienone is 1. The Morgan fingerprint density at radius 3 is 2.78 bits per heavy atom. The van der Waals surface area contributed by atoms with Crippen molar-refractivity contribution in [2.75, 3.05) is 6.61 Å². The second-order valence-electron chi connectivity index (χ2n) is 6.98. The van der Waals surface area contributed by atoms with Crippen molar-refractivity contribution in [3.8, 4) is 5.75 Å². The number of aliphatic hydroxyl groups excluding tert-OH is 1. The van der Waals surface area contributed by atoms with Crippen molar-refractivity contribution in [2.24, 2.45) is 5.92 Å². The van der Waals surface area contributed by atoms with E-state index in [0.29, 0.717) is 29.1 Å². The Labute approximate surface area is 165 Å². The van der Waals surface area contributed by atoms with E-state index >= 15 is 0 Å². The second kappa shape index (κ2) is 9.85. The average molecular weight is 395 g/mol. The highest BCUT2D eigenvalue weighted by Gasteiger charge is 2.30. The van der Waals surface area contributed by atoms with Gasteiger partial charge >= 0.3 is 5.97 Å². The fourth-order valence-corrected chi connectivity index (χ4v) is 3.37. The van der Waals surface area contributed by atoms with Crippen molar-refractivity contribution >= 4 is 28.3 Å². The summed E-state index contributed by atoms with van der Waals surface area (Å²) in [5.41, 5.74) is 1.56. The first-order valence-electron chi connectivity index (χ1n) is 9.22. The maximum Gasteiger partial charge on any atom is 0.309 e. The predicted molar refractivity (Wildman–Crippen MR) is 105 cm³/mol. The minimum atomic E-state index is -0.223. The van der Waals surface area contributed by atoms with Gasteiger partial charge in [0.05, 0.1) is 36.1 Å². The van der Waals surface area contributed by atoms with E-state index in [1.165, 1.54) is 6.08 Å². The lowest BCUT2D eigenvalue weighted by atomic mass is 9.87. The minimum Gasteiger partial charge on any atom is -0.489 e. The summed E-state index contributed by atoms with van der Waals surface area (Å²) in [5, 5.41) is 16.5. The van der Waals surface area contributed by atoms with Crippen molar-refractivity contribution in [3.63, 3.8) is 0 Å². The molecule has 1 aliphatic carbocycles. The summed E-state index contributed by atoms with van der Waals surface area (Å²) in [6.07, 6.45) is 4.54. The van der Waals surface area contributed by atoms with Gasteiger partial charge in [0.2, 0.25) is 0 Å². The molecule has 0 unspecified atom stereocenters. The van der Waals surface area contributed by atoms with E-state index in [9.17, 15) is 4.79 Å². The number of carbonyl (C=O) groups excluding carboxylic acids is 1. The molecule has 7 heteroatoms. The molecule has 148 valence electrons. The molecule has 0 radical (unpaired) electrons. The SMILES string of the molecule is Cc1nc(/C(=C\CO)C(=N)Cl)ccc1O[C@H]1CCC[C@H](C(=O)OC(C)C)C1. The molecular formula is C20H27ClN2O4. The Hall–Kier alpha value is -1.92. The largest absolute Gasteiger partial charge is 0.489 e. The number of nitrogens with one attached hydrogen (secondary N) is 1. The molecule has 2 atom stereocenters. The van der Waals surface area contributed by atoms with Crippen LogP contribution >= 0.6 is 11.6 Å². The smallest absolute Gasteiger partial charge is 0.309 e. The van der Waals surface area contributed by atoms with Gasteiger partial charge in [-0.15, -0.1) is 0 Å². The van der Waals surface area contributed by atoms with Gasteiger partial charge in [-0.25, -0.2) is 4.98 Å². The molecule has 0 spiro atoms. The Morgan fingerprint density at radius 1 is 1.44 bits per heavy atom. The van der Waals surface area contributed by atoms with E-state index in [0.717, 1.165) is 19.3 Å². The van der Waals surface area contributed by atoms with E-state index in [4.69, 9.17) is 31.6 Å². The van der Waals surface area contributed by atoms with E-state index in [2.05, 4.69) is 4.98 Å². The van der Waals surface area contributed by atoms with Crippen LogP contribution in [0.2, 0.25) is 0 Å². The second-order valence-corrected chi connectivity index (χ2v) is 7.36. The normalized spacial score (nSPS) is 20.4. The molecule has 2 N–H and O–H groups in total. The first-order chi connectivity index (χ1) is 12.8. The molecule has 2 rings (SSSR count). The van der Waals surface area contributed by atoms with Gasteiger partial charge in [0.1, 0.15) is 10.9 Å². The summed E-state index contributed by atoms with van der Waals surface area (Å²) in [7, 11) is 0. The van der Waals surface area contributed by atoms with Crippen LogP contribution in [0.4, 0.5) is 0 Å². The molecule has 1 aromatic heterocycles. The van der Waals surface area contributed by atoms with Crippen molar-refractivity contribution < 1.29 is 19.4 Å². The average Bonchev–Trinajstić information content (AvgIpc) is 2.61. The number of aliphatic hydroxyl groups is 1. The lowest BCUT2D eigenvalue weighted by molar-refractivity contribution is -0.154. The summed E-state index contributed by atoms with van der Waals surface area (Å²) < 4.78 is 11.4. The molecule has 0 saturated heterocycles. The molecule has 0 aromatic carbocycles. The highest BCUT2D eigenvalue weighted by Crippen LogP contribution is 2.30. The molecular weight excluding hydrogens is 368 g/mol. The van der Waals surface area contributed by atoms with Crippen LogP contribution in [0, 0.1) is 18.3 Å². The van der Waals surface area contributed by atoms with Crippen LogP contribution in [0.15, 0.2) is 18.2 Å². The van der Waals surface area contributed by atoms with Gasteiger partial charge in [-0.05, 0) is 64.7 Å². The maximum atomic E-state index is 12.2. The number of carbonyl (C=O) groups is 1. The topological polar surface area (TPSA) is 92.5 Å². The lowest BCUT2D eigenvalue weighted by Crippen LogP contribution is -2.32. The molecule has 0 aliphatic heterocycles. The van der Waals surface area contributed by atoms with E-state index in [1.807, 2.05) is 20.8 Å². The highest BCUT2D eigenvalue weighted by atomic mass is 35.5. The molecule has 0 bridgehead atoms. The number of aryl methyl sites for hydroxylation is 1. The fourth-order valence-electron chi connectivity index (χ4n) is 3.19. The summed E-state index contributed by atoms with van der Waals surface area (Å²) in [4.78, 5) is 16.6. The highest BCUT2D eigenvalue weighted by molar-refractivity contribution is 6.75. The monoisotopic (exact) mass is 394 g/mol. The third kappa shape index (κ3) is 6.04. The van der Waals surface area contributed by atoms with Crippen molar-refractivity contribution in [2.45, 2.75) is 58.7 Å². The fraction of sp³-hybridized carbons (Fsp3) is 0.550. The number of hydrogen-bond donors (Lipinski definition) is 2. The van der Waals surface area contributed by atoms with Gasteiger partial charge in [0, 0.05) is 5.57 Å². The number of rotatable bonds is 7. The quantitative estimate of drug-likeness (QED) is 0.541. The molecule has 1 fully saturated rings. The first kappa shape index (κ1) is 21.4. The molecule has 6 nitrogen and oxygen atoms in total. The number of aromatic nitrogens is 1. The molecule has 1 aliphatic rings. The molecule has 0 amide bonds. The summed E-state index contributed by atoms with van der Waals surface area (Å²) in [6.45, 7) is 5.30. The third-order valence-corrected chi connectivity index (χ3v) is 4.65. The van der Waals surface area contributed by atoms with Crippen molar-refractivity contribution in [1.82, 2.24) is 4.98 Å². The zero-order valence-corrected chi connectivity index (χ0v) is 16.8. The number of esters is 1. The van der Waals surface area contributed by atoms with Gasteiger partial charge in [-0.3, -0.25) is 10.2 Å². The van der Waals surface area contributed by atoms with Crippen molar-refractivity contribution in [1.29, 1.82) is 5.41 Å². The van der Waals surface area contributed by atoms with Gasteiger partial charge in [-0.2, -0.15) is 0 Å². The van der Waals surface area contributed by atoms with E-state index < -0.39 is 0 Å². The standard InChI is InChI=1S/C20H27ClN2O4/c1-12(2)26-20(25)14-5-4-6-15(11-14)27-18-8-7-17(23-13(18)3)16(9-10-24)19(21)22/h7-9,12,14-15,22,24H,4-6,10-11H2,1-3H3/b16-9+,22-19?/t14-,15-/m0/s1. The lowest BCUT2D eigenvalue weighted by Gasteiger charge is -2.29. The Balaban J connectivity index is 2.08. The van der Waals surface area contributed by atoms with Crippen LogP contribution in [-0.4, -0.2) is 40.0 Å². The molecule has 27 heavy (non-hydrogen) atoms. The van der Waals surface area contributed by atoms with Crippen molar-refractivity contribution in [3.05, 3.63) is 29.6 Å². The van der Waals surface area contributed by atoms with Crippen LogP contribution in [0.1, 0.15) is 50.9 Å². The van der Waals surface area contributed by atoms with E-state index in [1.54, 1.807) is 12.1 Å². The van der Waals surface area contributed by atoms with Gasteiger partial charge in [0.15, 0.2) is 0 Å². The van der Waals surface area contributed by atoms with Crippen LogP contribution in [0.5, 0.6) is 5.75 Å². The molecule has 1 aromatic rings. The van der Waals surface area contributed by atoms with Crippen LogP contribution in [-0.2, 0) is 9.53 Å². The third-order valence-electron chi connectivity index (χ3n) is 4.45. The predicted octanol–water partition coefficient (Wildman–Crippen LogP) is 3.87. The minimum absolute atomic E-state index is 0.0615. The van der Waals surface area contributed by atoms with Gasteiger partial charge in [-0.1, -0.05) is 11.6 Å². The van der Waals surface area contributed by atoms with Gasteiger partial charge in [0.25, 0.3) is 0 Å². The van der Waals surface area contributed by atoms with Crippen LogP contribution < -0.4 is 4.74 Å². The summed E-state index contributed by atoms with van der Waals surface area (Å²) in [5.74, 6) is 0.364. The summed E-state index contributed by atoms with van der Waals surface area (Å²) >= 11 is 5.78. The number of pyridine rings is 1. The molecule has 1 saturated carbocycles. The summed E-state index contributed by atoms with van der Waals surface area (Å²) in [6, 6.07) is 3.51. The zero-order valence-electron chi connectivity index (χ0n) is 16.0. The van der Waals surface area contributed by atoms with Gasteiger partial charge < -0.3 is 14.6 Å². The maximum absolute atomic E-state index is 12.2. The molecule has 1 heterocycles. The number of ether oxygens (including phenoxy) is 2. The first-order valence-corrected chi connectivity index (χ1v) is 9.60. The zero-order chi connectivity index (χ0) is 20.0. The number of hydrogen-bond acceptors (Lipinski definition) is 6. The number of nitrogens with zero attached hydrogens (tertiary/aromatic N) is 1. The Morgan fingerprint density at radius 2 is 2.19 bits per heavy atom. The number of halogens is 1. The Bertz CT molecular complexity index is 718.